The average molecular weight is 556 g/mol. The summed E-state index contributed by atoms with van der Waals surface area (Å²) in [7, 11) is 1.39. The molecule has 3 aromatic carbocycles. The third-order valence-corrected chi connectivity index (χ3v) is 6.34. The van der Waals surface area contributed by atoms with Crippen molar-refractivity contribution in [2.24, 2.45) is 0 Å². The van der Waals surface area contributed by atoms with Gasteiger partial charge in [-0.1, -0.05) is 81.6 Å². The molecule has 0 aliphatic carbocycles. The van der Waals surface area contributed by atoms with Crippen LogP contribution in [0.2, 0.25) is 10.0 Å². The Labute approximate surface area is 216 Å². The van der Waals surface area contributed by atoms with Crippen molar-refractivity contribution in [2.75, 3.05) is 7.11 Å². The molecule has 172 valence electrons. The van der Waals surface area contributed by atoms with Gasteiger partial charge in [0.25, 0.3) is 0 Å². The Bertz CT molecular complexity index is 1330. The van der Waals surface area contributed by atoms with Crippen LogP contribution in [0.5, 0.6) is 0 Å². The third-order valence-electron chi connectivity index (χ3n) is 5.26. The number of hydrogen-bond acceptors (Lipinski definition) is 3. The number of carbonyl (C=O) groups excluding carboxylic acids is 1. The maximum absolute atomic E-state index is 11.5. The molecule has 0 saturated carbocycles. The highest BCUT2D eigenvalue weighted by Gasteiger charge is 2.12. The molecule has 4 aromatic rings. The van der Waals surface area contributed by atoms with Crippen molar-refractivity contribution in [3.05, 3.63) is 110 Å². The van der Waals surface area contributed by atoms with E-state index in [0.29, 0.717) is 16.6 Å². The van der Waals surface area contributed by atoms with Crippen molar-refractivity contribution >= 4 is 57.3 Å². The first-order chi connectivity index (χ1) is 16.4. The van der Waals surface area contributed by atoms with E-state index in [-0.39, 0.29) is 12.4 Å². The van der Waals surface area contributed by atoms with Gasteiger partial charge in [-0.25, -0.2) is 4.98 Å². The molecular formula is C27H21BrCl2N2O2. The normalized spacial score (nSPS) is 11.2. The summed E-state index contributed by atoms with van der Waals surface area (Å²) in [4.78, 5) is 16.4. The van der Waals surface area contributed by atoms with Crippen LogP contribution in [-0.4, -0.2) is 22.6 Å². The highest BCUT2D eigenvalue weighted by molar-refractivity contribution is 9.10. The van der Waals surface area contributed by atoms with Crippen LogP contribution in [0.1, 0.15) is 22.5 Å². The summed E-state index contributed by atoms with van der Waals surface area (Å²) in [6.45, 7) is 0.608. The topological polar surface area (TPSA) is 44.1 Å². The summed E-state index contributed by atoms with van der Waals surface area (Å²) in [5.74, 6) is 0.537. The van der Waals surface area contributed by atoms with Gasteiger partial charge in [-0.15, -0.1) is 0 Å². The van der Waals surface area contributed by atoms with Crippen molar-refractivity contribution in [1.29, 1.82) is 0 Å². The molecule has 0 radical (unpaired) electrons. The van der Waals surface area contributed by atoms with Crippen molar-refractivity contribution in [1.82, 2.24) is 9.55 Å². The van der Waals surface area contributed by atoms with Gasteiger partial charge in [0.1, 0.15) is 5.82 Å². The molecule has 7 heteroatoms. The lowest BCUT2D eigenvalue weighted by molar-refractivity contribution is -0.139. The number of aromatic nitrogens is 2. The second-order valence-electron chi connectivity index (χ2n) is 7.69. The first-order valence-corrected chi connectivity index (χ1v) is 12.1. The van der Waals surface area contributed by atoms with Gasteiger partial charge in [-0.05, 0) is 53.1 Å². The fourth-order valence-corrected chi connectivity index (χ4v) is 4.23. The molecule has 0 spiro atoms. The van der Waals surface area contributed by atoms with Gasteiger partial charge in [0.05, 0.1) is 24.2 Å². The van der Waals surface area contributed by atoms with Crippen molar-refractivity contribution in [3.8, 4) is 11.3 Å². The molecule has 0 atom stereocenters. The van der Waals surface area contributed by atoms with E-state index < -0.39 is 0 Å². The summed E-state index contributed by atoms with van der Waals surface area (Å²) < 4.78 is 7.85. The Morgan fingerprint density at radius 2 is 1.71 bits per heavy atom. The van der Waals surface area contributed by atoms with Crippen LogP contribution >= 0.6 is 39.1 Å². The minimum absolute atomic E-state index is 0.252. The molecule has 0 aliphatic rings. The molecule has 0 aliphatic heterocycles. The maximum atomic E-state index is 11.5. The molecule has 0 saturated heterocycles. The molecule has 4 rings (SSSR count). The highest BCUT2D eigenvalue weighted by Crippen LogP contribution is 2.30. The zero-order chi connectivity index (χ0) is 24.1. The van der Waals surface area contributed by atoms with Crippen LogP contribution in [0.25, 0.3) is 23.4 Å². The van der Waals surface area contributed by atoms with E-state index in [0.717, 1.165) is 38.2 Å². The van der Waals surface area contributed by atoms with Crippen molar-refractivity contribution in [3.63, 3.8) is 0 Å². The highest BCUT2D eigenvalue weighted by atomic mass is 79.9. The minimum Gasteiger partial charge on any atom is -0.469 e. The van der Waals surface area contributed by atoms with Crippen molar-refractivity contribution in [2.45, 2.75) is 13.0 Å². The summed E-state index contributed by atoms with van der Waals surface area (Å²) in [5.41, 5.74) is 4.63. The first kappa shape index (κ1) is 24.3. The lowest BCUT2D eigenvalue weighted by Crippen LogP contribution is -2.05. The Hall–Kier alpha value is -2.86. The first-order valence-electron chi connectivity index (χ1n) is 10.5. The molecule has 0 unspecified atom stereocenters. The largest absolute Gasteiger partial charge is 0.469 e. The zero-order valence-electron chi connectivity index (χ0n) is 18.3. The summed E-state index contributed by atoms with van der Waals surface area (Å²) in [5, 5.41) is 1.13. The molecule has 0 N–H and O–H groups in total. The Kier molecular flexibility index (Phi) is 7.88. The number of rotatable bonds is 7. The maximum Gasteiger partial charge on any atom is 0.309 e. The number of esters is 1. The second-order valence-corrected chi connectivity index (χ2v) is 9.45. The number of benzene rings is 3. The van der Waals surface area contributed by atoms with E-state index >= 15 is 0 Å². The number of hydrogen-bond donors (Lipinski definition) is 0. The van der Waals surface area contributed by atoms with Gasteiger partial charge in [0.15, 0.2) is 0 Å². The lowest BCUT2D eigenvalue weighted by atomic mass is 10.1. The predicted molar refractivity (Wildman–Crippen MR) is 142 cm³/mol. The monoisotopic (exact) mass is 554 g/mol. The van der Waals surface area contributed by atoms with E-state index in [1.807, 2.05) is 72.9 Å². The van der Waals surface area contributed by atoms with Crippen LogP contribution < -0.4 is 0 Å². The number of imidazole rings is 1. The molecule has 1 heterocycles. The van der Waals surface area contributed by atoms with Gasteiger partial charge >= 0.3 is 5.97 Å². The molecule has 1 aromatic heterocycles. The number of carbonyl (C=O) groups is 1. The van der Waals surface area contributed by atoms with Gasteiger partial charge < -0.3 is 9.30 Å². The Morgan fingerprint density at radius 3 is 2.38 bits per heavy atom. The zero-order valence-corrected chi connectivity index (χ0v) is 21.4. The Balaban J connectivity index is 1.65. The molecule has 0 bridgehead atoms. The van der Waals surface area contributed by atoms with Gasteiger partial charge in [-0.2, -0.15) is 0 Å². The van der Waals surface area contributed by atoms with Crippen LogP contribution in [-0.2, 0) is 22.5 Å². The van der Waals surface area contributed by atoms with E-state index in [1.165, 1.54) is 7.11 Å². The lowest BCUT2D eigenvalue weighted by Gasteiger charge is -2.07. The quantitative estimate of drug-likeness (QED) is 0.221. The van der Waals surface area contributed by atoms with Gasteiger partial charge in [0.2, 0.25) is 0 Å². The molecule has 0 fully saturated rings. The van der Waals surface area contributed by atoms with Crippen LogP contribution in [0.3, 0.4) is 0 Å². The average Bonchev–Trinajstić information content (AvgIpc) is 3.22. The van der Waals surface area contributed by atoms with Crippen LogP contribution in [0.15, 0.2) is 77.4 Å². The molecule has 34 heavy (non-hydrogen) atoms. The smallest absolute Gasteiger partial charge is 0.309 e. The van der Waals surface area contributed by atoms with Crippen LogP contribution in [0.4, 0.5) is 0 Å². The summed E-state index contributed by atoms with van der Waals surface area (Å²) in [6, 6.07) is 21.4. The fraction of sp³-hybridized carbons (Fsp3) is 0.111. The number of ether oxygens (including phenoxy) is 1. The van der Waals surface area contributed by atoms with E-state index in [2.05, 4.69) is 20.5 Å². The number of halogens is 3. The van der Waals surface area contributed by atoms with E-state index in [4.69, 9.17) is 32.9 Å². The fourth-order valence-electron chi connectivity index (χ4n) is 3.46. The minimum atomic E-state index is -0.257. The SMILES string of the molecule is COC(=O)Cc1ccc(Cn2cc(-c3ccc(Cl)cc3Cl)nc2C=Cc2ccc(Br)cc2)cc1. The van der Waals surface area contributed by atoms with Crippen molar-refractivity contribution < 1.29 is 9.53 Å². The third kappa shape index (κ3) is 6.17. The van der Waals surface area contributed by atoms with Gasteiger partial charge in [-0.3, -0.25) is 4.79 Å². The van der Waals surface area contributed by atoms with Gasteiger partial charge in [0, 0.05) is 27.8 Å². The summed E-state index contributed by atoms with van der Waals surface area (Å²) >= 11 is 16.0. The van der Waals surface area contributed by atoms with E-state index in [1.54, 1.807) is 12.1 Å². The number of nitrogens with zero attached hydrogens (tertiary/aromatic N) is 2. The molecule has 0 amide bonds. The standard InChI is InChI=1S/C27H21BrCl2N2O2/c1-34-27(33)14-19-2-4-20(5-3-19)16-32-17-25(23-12-11-22(29)15-24(23)30)31-26(32)13-8-18-6-9-21(28)10-7-18/h2-13,15,17H,14,16H2,1H3. The number of methoxy groups -OCH3 is 1. The Morgan fingerprint density at radius 1 is 1.00 bits per heavy atom. The van der Waals surface area contributed by atoms with Crippen LogP contribution in [0, 0.1) is 0 Å². The predicted octanol–water partition coefficient (Wildman–Crippen LogP) is 7.55. The molecular weight excluding hydrogens is 535 g/mol. The van der Waals surface area contributed by atoms with E-state index in [9.17, 15) is 4.79 Å². The second kappa shape index (κ2) is 11.0. The molecule has 4 nitrogen and oxygen atoms in total. The summed E-state index contributed by atoms with van der Waals surface area (Å²) in [6.07, 6.45) is 6.25.